The third-order valence-corrected chi connectivity index (χ3v) is 5.32. The lowest BCUT2D eigenvalue weighted by Crippen LogP contribution is -2.36. The van der Waals surface area contributed by atoms with Crippen molar-refractivity contribution in [3.8, 4) is 0 Å². The van der Waals surface area contributed by atoms with E-state index in [0.717, 1.165) is 12.5 Å². The monoisotopic (exact) mass is 261 g/mol. The SMILES string of the molecule is CC1CCCC(c2cncn2CC2(C(C)C)CC2)N1. The minimum absolute atomic E-state index is 0.509. The topological polar surface area (TPSA) is 29.9 Å². The lowest BCUT2D eigenvalue weighted by Gasteiger charge is -2.30. The Morgan fingerprint density at radius 1 is 1.42 bits per heavy atom. The molecule has 1 aliphatic carbocycles. The van der Waals surface area contributed by atoms with Crippen molar-refractivity contribution in [1.82, 2.24) is 14.9 Å². The summed E-state index contributed by atoms with van der Waals surface area (Å²) < 4.78 is 2.42. The molecule has 2 atom stereocenters. The van der Waals surface area contributed by atoms with E-state index in [4.69, 9.17) is 0 Å². The average molecular weight is 261 g/mol. The molecule has 0 bridgehead atoms. The molecule has 2 aliphatic rings. The minimum Gasteiger partial charge on any atom is -0.333 e. The maximum atomic E-state index is 4.42. The summed E-state index contributed by atoms with van der Waals surface area (Å²) in [7, 11) is 0. The predicted molar refractivity (Wildman–Crippen MR) is 77.9 cm³/mol. The summed E-state index contributed by atoms with van der Waals surface area (Å²) in [6.07, 6.45) is 10.8. The molecule has 2 heterocycles. The zero-order valence-corrected chi connectivity index (χ0v) is 12.5. The first-order valence-corrected chi connectivity index (χ1v) is 7.87. The summed E-state index contributed by atoms with van der Waals surface area (Å²) in [6, 6.07) is 1.15. The summed E-state index contributed by atoms with van der Waals surface area (Å²) in [4.78, 5) is 4.42. The molecule has 1 aromatic rings. The molecule has 1 saturated heterocycles. The van der Waals surface area contributed by atoms with E-state index in [9.17, 15) is 0 Å². The van der Waals surface area contributed by atoms with Crippen molar-refractivity contribution in [2.75, 3.05) is 0 Å². The van der Waals surface area contributed by atoms with Crippen LogP contribution in [0.4, 0.5) is 0 Å². The van der Waals surface area contributed by atoms with Gasteiger partial charge < -0.3 is 9.88 Å². The summed E-state index contributed by atoms with van der Waals surface area (Å²) in [5.41, 5.74) is 1.95. The highest BCUT2D eigenvalue weighted by atomic mass is 15.1. The molecule has 19 heavy (non-hydrogen) atoms. The van der Waals surface area contributed by atoms with Crippen molar-refractivity contribution in [2.24, 2.45) is 11.3 Å². The van der Waals surface area contributed by atoms with Crippen LogP contribution in [0.15, 0.2) is 12.5 Å². The minimum atomic E-state index is 0.509. The second-order valence-corrected chi connectivity index (χ2v) is 7.01. The van der Waals surface area contributed by atoms with Crippen LogP contribution < -0.4 is 5.32 Å². The second kappa shape index (κ2) is 4.93. The fourth-order valence-corrected chi connectivity index (χ4v) is 3.54. The second-order valence-electron chi connectivity index (χ2n) is 7.01. The molecule has 0 aromatic carbocycles. The molecule has 0 radical (unpaired) electrons. The number of nitrogens with one attached hydrogen (secondary N) is 1. The smallest absolute Gasteiger partial charge is 0.0948 e. The number of aromatic nitrogens is 2. The van der Waals surface area contributed by atoms with Gasteiger partial charge in [-0.1, -0.05) is 13.8 Å². The van der Waals surface area contributed by atoms with Crippen molar-refractivity contribution in [1.29, 1.82) is 0 Å². The van der Waals surface area contributed by atoms with Gasteiger partial charge in [0, 0.05) is 24.8 Å². The van der Waals surface area contributed by atoms with E-state index in [-0.39, 0.29) is 0 Å². The molecule has 2 fully saturated rings. The lowest BCUT2D eigenvalue weighted by atomic mass is 9.92. The zero-order valence-electron chi connectivity index (χ0n) is 12.5. The summed E-state index contributed by atoms with van der Waals surface area (Å²) >= 11 is 0. The maximum absolute atomic E-state index is 4.42. The molecule has 1 saturated carbocycles. The zero-order chi connectivity index (χ0) is 13.5. The first-order valence-electron chi connectivity index (χ1n) is 7.87. The lowest BCUT2D eigenvalue weighted by molar-refractivity contribution is 0.286. The van der Waals surface area contributed by atoms with Crippen molar-refractivity contribution in [2.45, 2.75) is 71.5 Å². The van der Waals surface area contributed by atoms with Gasteiger partial charge in [0.15, 0.2) is 0 Å². The van der Waals surface area contributed by atoms with E-state index in [1.807, 2.05) is 6.33 Å². The van der Waals surface area contributed by atoms with Crippen LogP contribution in [0.2, 0.25) is 0 Å². The Hall–Kier alpha value is -0.830. The van der Waals surface area contributed by atoms with E-state index < -0.39 is 0 Å². The largest absolute Gasteiger partial charge is 0.333 e. The summed E-state index contributed by atoms with van der Waals surface area (Å²) in [5.74, 6) is 0.779. The van der Waals surface area contributed by atoms with E-state index in [2.05, 4.69) is 41.8 Å². The summed E-state index contributed by atoms with van der Waals surface area (Å²) in [6.45, 7) is 8.19. The normalized spacial score (nSPS) is 29.7. The van der Waals surface area contributed by atoms with Gasteiger partial charge in [-0.15, -0.1) is 0 Å². The van der Waals surface area contributed by atoms with Crippen LogP contribution in [0.5, 0.6) is 0 Å². The first-order chi connectivity index (χ1) is 9.11. The Kier molecular flexibility index (Phi) is 3.42. The molecular formula is C16H27N3. The Morgan fingerprint density at radius 3 is 2.84 bits per heavy atom. The van der Waals surface area contributed by atoms with Crippen LogP contribution in [0.3, 0.4) is 0 Å². The fourth-order valence-electron chi connectivity index (χ4n) is 3.54. The van der Waals surface area contributed by atoms with Gasteiger partial charge in [0.1, 0.15) is 0 Å². The first kappa shape index (κ1) is 13.2. The number of hydrogen-bond acceptors (Lipinski definition) is 2. The average Bonchev–Trinajstić information content (AvgIpc) is 3.01. The molecule has 2 unspecified atom stereocenters. The van der Waals surface area contributed by atoms with Crippen molar-refractivity contribution < 1.29 is 0 Å². The highest BCUT2D eigenvalue weighted by Crippen LogP contribution is 2.53. The molecule has 106 valence electrons. The van der Waals surface area contributed by atoms with Gasteiger partial charge in [-0.2, -0.15) is 0 Å². The van der Waals surface area contributed by atoms with Gasteiger partial charge in [-0.3, -0.25) is 0 Å². The van der Waals surface area contributed by atoms with Crippen molar-refractivity contribution in [3.63, 3.8) is 0 Å². The Balaban J connectivity index is 1.75. The predicted octanol–water partition coefficient (Wildman–Crippen LogP) is 3.52. The van der Waals surface area contributed by atoms with Gasteiger partial charge in [0.2, 0.25) is 0 Å². The maximum Gasteiger partial charge on any atom is 0.0948 e. The Bertz CT molecular complexity index is 431. The van der Waals surface area contributed by atoms with E-state index >= 15 is 0 Å². The molecular weight excluding hydrogens is 234 g/mol. The van der Waals surface area contributed by atoms with Gasteiger partial charge >= 0.3 is 0 Å². The van der Waals surface area contributed by atoms with Gasteiger partial charge in [0.25, 0.3) is 0 Å². The molecule has 1 aromatic heterocycles. The van der Waals surface area contributed by atoms with Crippen LogP contribution in [0.25, 0.3) is 0 Å². The number of piperidine rings is 1. The van der Waals surface area contributed by atoms with Gasteiger partial charge in [0.05, 0.1) is 12.0 Å². The van der Waals surface area contributed by atoms with E-state index in [0.29, 0.717) is 17.5 Å². The molecule has 0 amide bonds. The van der Waals surface area contributed by atoms with Gasteiger partial charge in [-0.05, 0) is 50.4 Å². The van der Waals surface area contributed by atoms with Crippen LogP contribution >= 0.6 is 0 Å². The van der Waals surface area contributed by atoms with Crippen LogP contribution in [0.1, 0.15) is 64.6 Å². The van der Waals surface area contributed by atoms with E-state index in [1.165, 1.54) is 37.8 Å². The molecule has 3 rings (SSSR count). The highest BCUT2D eigenvalue weighted by Gasteiger charge is 2.45. The number of nitrogens with zero attached hydrogens (tertiary/aromatic N) is 2. The quantitative estimate of drug-likeness (QED) is 0.898. The molecule has 1 N–H and O–H groups in total. The highest BCUT2D eigenvalue weighted by molar-refractivity contribution is 5.09. The standard InChI is InChI=1S/C16H27N3/c1-12(2)16(7-8-16)10-19-11-17-9-15(19)14-6-4-5-13(3)18-14/h9,11-14,18H,4-8,10H2,1-3H3. The molecule has 3 heteroatoms. The number of imidazole rings is 1. The summed E-state index contributed by atoms with van der Waals surface area (Å²) in [5, 5.41) is 3.73. The Morgan fingerprint density at radius 2 is 2.21 bits per heavy atom. The number of hydrogen-bond donors (Lipinski definition) is 1. The fraction of sp³-hybridized carbons (Fsp3) is 0.812. The van der Waals surface area contributed by atoms with Crippen LogP contribution in [-0.4, -0.2) is 15.6 Å². The third kappa shape index (κ3) is 2.58. The molecule has 3 nitrogen and oxygen atoms in total. The van der Waals surface area contributed by atoms with Crippen molar-refractivity contribution in [3.05, 3.63) is 18.2 Å². The molecule has 1 aliphatic heterocycles. The number of rotatable bonds is 4. The molecule has 0 spiro atoms. The Labute approximate surface area is 116 Å². The third-order valence-electron chi connectivity index (χ3n) is 5.32. The van der Waals surface area contributed by atoms with Crippen LogP contribution in [0, 0.1) is 11.3 Å². The van der Waals surface area contributed by atoms with Gasteiger partial charge in [-0.25, -0.2) is 4.98 Å². The van der Waals surface area contributed by atoms with Crippen molar-refractivity contribution >= 4 is 0 Å². The van der Waals surface area contributed by atoms with Crippen LogP contribution in [-0.2, 0) is 6.54 Å². The van der Waals surface area contributed by atoms with E-state index in [1.54, 1.807) is 0 Å².